The molecule has 0 aliphatic carbocycles. The summed E-state index contributed by atoms with van der Waals surface area (Å²) in [4.78, 5) is 20.2. The van der Waals surface area contributed by atoms with E-state index in [1.165, 1.54) is 0 Å². The predicted molar refractivity (Wildman–Crippen MR) is 92.1 cm³/mol. The number of rotatable bonds is 6. The van der Waals surface area contributed by atoms with Crippen molar-refractivity contribution in [2.75, 3.05) is 17.3 Å². The van der Waals surface area contributed by atoms with Gasteiger partial charge in [0.15, 0.2) is 11.4 Å². The van der Waals surface area contributed by atoms with Gasteiger partial charge in [-0.3, -0.25) is 0 Å². The van der Waals surface area contributed by atoms with Gasteiger partial charge in [0.2, 0.25) is 0 Å². The van der Waals surface area contributed by atoms with Crippen LogP contribution in [0, 0.1) is 6.92 Å². The number of nitrogens with one attached hydrogen (secondary N) is 1. The third-order valence-corrected chi connectivity index (χ3v) is 4.20. The molecule has 0 amide bonds. The number of carboxylic acid groups (broad SMARTS) is 1. The number of aromatic nitrogens is 2. The zero-order valence-corrected chi connectivity index (χ0v) is 13.7. The zero-order chi connectivity index (χ0) is 16.4. The second-order valence-electron chi connectivity index (χ2n) is 5.21. The van der Waals surface area contributed by atoms with Gasteiger partial charge in [-0.2, -0.15) is 11.8 Å². The quantitative estimate of drug-likeness (QED) is 0.716. The predicted octanol–water partition coefficient (Wildman–Crippen LogP) is 3.30. The molecule has 0 aliphatic rings. The highest BCUT2D eigenvalue weighted by atomic mass is 32.2. The molecule has 3 rings (SSSR count). The smallest absolute Gasteiger partial charge is 0.326 e. The fraction of sp³-hybridized carbons (Fsp3) is 0.312. The van der Waals surface area contributed by atoms with Crippen LogP contribution in [0.15, 0.2) is 28.7 Å². The fourth-order valence-corrected chi connectivity index (χ4v) is 2.93. The van der Waals surface area contributed by atoms with E-state index in [-0.39, 0.29) is 0 Å². The Bertz CT molecular complexity index is 862. The number of benzene rings is 1. The minimum absolute atomic E-state index is 0.428. The standard InChI is InChI=1S/C16H17N3O3S/c1-9-17-13-10-5-3-4-6-12(10)22-14(13)15(18-9)19-11(16(20)21)7-8-23-2/h3-6,11H,7-8H2,1-2H3,(H,20,21)(H,17,18,19). The molecule has 0 spiro atoms. The molecule has 120 valence electrons. The Hall–Kier alpha value is -2.28. The molecular weight excluding hydrogens is 314 g/mol. The number of hydrogen-bond acceptors (Lipinski definition) is 6. The molecule has 2 N–H and O–H groups in total. The fourth-order valence-electron chi connectivity index (χ4n) is 2.46. The van der Waals surface area contributed by atoms with E-state index in [2.05, 4.69) is 15.3 Å². The molecule has 1 atom stereocenters. The first kappa shape index (κ1) is 15.6. The van der Waals surface area contributed by atoms with Crippen molar-refractivity contribution in [1.29, 1.82) is 0 Å². The van der Waals surface area contributed by atoms with E-state index in [1.807, 2.05) is 30.5 Å². The lowest BCUT2D eigenvalue weighted by Crippen LogP contribution is -2.30. The van der Waals surface area contributed by atoms with Gasteiger partial charge in [0.25, 0.3) is 0 Å². The van der Waals surface area contributed by atoms with Gasteiger partial charge in [0.1, 0.15) is 23.0 Å². The van der Waals surface area contributed by atoms with Crippen molar-refractivity contribution in [1.82, 2.24) is 9.97 Å². The van der Waals surface area contributed by atoms with Crippen LogP contribution in [0.25, 0.3) is 22.1 Å². The summed E-state index contributed by atoms with van der Waals surface area (Å²) in [5.74, 6) is 0.842. The summed E-state index contributed by atoms with van der Waals surface area (Å²) in [6, 6.07) is 6.88. The van der Waals surface area contributed by atoms with Crippen LogP contribution >= 0.6 is 11.8 Å². The van der Waals surface area contributed by atoms with Crippen molar-refractivity contribution >= 4 is 45.6 Å². The van der Waals surface area contributed by atoms with Gasteiger partial charge in [-0.1, -0.05) is 12.1 Å². The van der Waals surface area contributed by atoms with E-state index >= 15 is 0 Å². The van der Waals surface area contributed by atoms with Gasteiger partial charge in [-0.05, 0) is 37.5 Å². The van der Waals surface area contributed by atoms with Crippen LogP contribution in [0.4, 0.5) is 5.82 Å². The van der Waals surface area contributed by atoms with E-state index in [0.29, 0.717) is 34.7 Å². The number of carboxylic acids is 1. The minimum Gasteiger partial charge on any atom is -0.480 e. The number of nitrogens with zero attached hydrogens (tertiary/aromatic N) is 2. The third kappa shape index (κ3) is 3.10. The van der Waals surface area contributed by atoms with Crippen LogP contribution < -0.4 is 5.32 Å². The maximum Gasteiger partial charge on any atom is 0.326 e. The normalized spacial score (nSPS) is 12.6. The lowest BCUT2D eigenvalue weighted by atomic mass is 10.2. The number of aliphatic carboxylic acids is 1. The number of hydrogen-bond donors (Lipinski definition) is 2. The molecule has 0 aliphatic heterocycles. The molecule has 2 aromatic heterocycles. The molecule has 1 aromatic carbocycles. The van der Waals surface area contributed by atoms with Crippen LogP contribution in [0.3, 0.4) is 0 Å². The van der Waals surface area contributed by atoms with Gasteiger partial charge in [-0.15, -0.1) is 0 Å². The van der Waals surface area contributed by atoms with E-state index < -0.39 is 12.0 Å². The van der Waals surface area contributed by atoms with Crippen molar-refractivity contribution in [2.24, 2.45) is 0 Å². The van der Waals surface area contributed by atoms with Gasteiger partial charge >= 0.3 is 5.97 Å². The Morgan fingerprint density at radius 3 is 2.91 bits per heavy atom. The molecule has 0 saturated carbocycles. The number of furan rings is 1. The monoisotopic (exact) mass is 331 g/mol. The maximum atomic E-state index is 11.5. The summed E-state index contributed by atoms with van der Waals surface area (Å²) in [7, 11) is 0. The van der Waals surface area contributed by atoms with Crippen molar-refractivity contribution in [3.05, 3.63) is 30.1 Å². The second-order valence-corrected chi connectivity index (χ2v) is 6.20. The summed E-state index contributed by atoms with van der Waals surface area (Å²) in [5.41, 5.74) is 1.90. The van der Waals surface area contributed by atoms with E-state index in [1.54, 1.807) is 18.7 Å². The highest BCUT2D eigenvalue weighted by Crippen LogP contribution is 2.31. The number of fused-ring (bicyclic) bond motifs is 3. The van der Waals surface area contributed by atoms with Gasteiger partial charge < -0.3 is 14.8 Å². The van der Waals surface area contributed by atoms with E-state index in [4.69, 9.17) is 4.42 Å². The van der Waals surface area contributed by atoms with Crippen LogP contribution in [-0.4, -0.2) is 39.1 Å². The molecule has 1 unspecified atom stereocenters. The summed E-state index contributed by atoms with van der Waals surface area (Å²) < 4.78 is 5.84. The first-order valence-corrected chi connectivity index (χ1v) is 8.63. The van der Waals surface area contributed by atoms with Crippen LogP contribution in [0.1, 0.15) is 12.2 Å². The average Bonchev–Trinajstić information content (AvgIpc) is 2.90. The Labute approximate surface area is 137 Å². The summed E-state index contributed by atoms with van der Waals surface area (Å²) in [5, 5.41) is 13.3. The molecule has 6 nitrogen and oxygen atoms in total. The molecule has 0 radical (unpaired) electrons. The topological polar surface area (TPSA) is 88.3 Å². The molecule has 2 heterocycles. The number of para-hydroxylation sites is 1. The summed E-state index contributed by atoms with van der Waals surface area (Å²) in [6.07, 6.45) is 2.45. The Morgan fingerprint density at radius 2 is 2.17 bits per heavy atom. The van der Waals surface area contributed by atoms with Crippen molar-refractivity contribution < 1.29 is 14.3 Å². The molecule has 0 bridgehead atoms. The molecule has 23 heavy (non-hydrogen) atoms. The Morgan fingerprint density at radius 1 is 1.39 bits per heavy atom. The highest BCUT2D eigenvalue weighted by Gasteiger charge is 2.21. The molecule has 3 aromatic rings. The van der Waals surface area contributed by atoms with Crippen LogP contribution in [0.5, 0.6) is 0 Å². The van der Waals surface area contributed by atoms with Gasteiger partial charge in [-0.25, -0.2) is 14.8 Å². The molecule has 7 heteroatoms. The average molecular weight is 331 g/mol. The largest absolute Gasteiger partial charge is 0.480 e. The van der Waals surface area contributed by atoms with Crippen molar-refractivity contribution in [3.63, 3.8) is 0 Å². The first-order valence-electron chi connectivity index (χ1n) is 7.24. The van der Waals surface area contributed by atoms with Gasteiger partial charge in [0.05, 0.1) is 0 Å². The van der Waals surface area contributed by atoms with E-state index in [9.17, 15) is 9.90 Å². The number of carbonyl (C=O) groups is 1. The van der Waals surface area contributed by atoms with Crippen LogP contribution in [-0.2, 0) is 4.79 Å². The Kier molecular flexibility index (Phi) is 4.38. The maximum absolute atomic E-state index is 11.5. The lowest BCUT2D eigenvalue weighted by molar-refractivity contribution is -0.137. The summed E-state index contributed by atoms with van der Waals surface area (Å²) in [6.45, 7) is 1.78. The highest BCUT2D eigenvalue weighted by molar-refractivity contribution is 7.98. The molecule has 0 saturated heterocycles. The third-order valence-electron chi connectivity index (χ3n) is 3.55. The number of aryl methyl sites for hydroxylation is 1. The summed E-state index contributed by atoms with van der Waals surface area (Å²) >= 11 is 1.61. The molecule has 0 fully saturated rings. The first-order chi connectivity index (χ1) is 11.1. The SMILES string of the molecule is CSCCC(Nc1nc(C)nc2c1oc1ccccc12)C(=O)O. The van der Waals surface area contributed by atoms with Gasteiger partial charge in [0, 0.05) is 5.39 Å². The van der Waals surface area contributed by atoms with E-state index in [0.717, 1.165) is 11.1 Å². The lowest BCUT2D eigenvalue weighted by Gasteiger charge is -2.14. The zero-order valence-electron chi connectivity index (χ0n) is 12.9. The number of thioether (sulfide) groups is 1. The minimum atomic E-state index is -0.903. The Balaban J connectivity index is 2.07. The van der Waals surface area contributed by atoms with Crippen molar-refractivity contribution in [2.45, 2.75) is 19.4 Å². The molecular formula is C16H17N3O3S. The van der Waals surface area contributed by atoms with Crippen LogP contribution in [0.2, 0.25) is 0 Å². The number of anilines is 1. The van der Waals surface area contributed by atoms with Crippen molar-refractivity contribution in [3.8, 4) is 0 Å². The second kappa shape index (κ2) is 6.45.